The Balaban J connectivity index is 0.00000116. The summed E-state index contributed by atoms with van der Waals surface area (Å²) in [5.41, 5.74) is 2.09. The van der Waals surface area contributed by atoms with Gasteiger partial charge in [0.15, 0.2) is 0 Å². The molecule has 0 unspecified atom stereocenters. The van der Waals surface area contributed by atoms with Crippen LogP contribution in [0, 0.1) is 5.92 Å². The van der Waals surface area contributed by atoms with Crippen LogP contribution in [0.2, 0.25) is 0 Å². The molecular weight excluding hydrogens is 274 g/mol. The number of carbonyl (C=O) groups is 2. The van der Waals surface area contributed by atoms with Crippen LogP contribution in [0.4, 0.5) is 5.69 Å². The van der Waals surface area contributed by atoms with Crippen LogP contribution in [0.1, 0.15) is 64.4 Å². The molecule has 0 aliphatic heterocycles. The molecule has 3 heteroatoms. The van der Waals surface area contributed by atoms with Gasteiger partial charge in [-0.1, -0.05) is 45.2 Å². The molecule has 1 aliphatic rings. The minimum absolute atomic E-state index is 0.165. The van der Waals surface area contributed by atoms with Crippen molar-refractivity contribution in [3.63, 3.8) is 0 Å². The van der Waals surface area contributed by atoms with Crippen LogP contribution in [0.5, 0.6) is 0 Å². The summed E-state index contributed by atoms with van der Waals surface area (Å²) in [6, 6.07) is 7.97. The number of hydrogen-bond donors (Lipinski definition) is 1. The molecule has 1 aromatic carbocycles. The van der Waals surface area contributed by atoms with Gasteiger partial charge in [-0.05, 0) is 43.4 Å². The van der Waals surface area contributed by atoms with Crippen molar-refractivity contribution in [2.24, 2.45) is 5.92 Å². The van der Waals surface area contributed by atoms with E-state index in [1.165, 1.54) is 24.8 Å². The molecule has 1 aliphatic carbocycles. The lowest BCUT2D eigenvalue weighted by atomic mass is 9.88. The summed E-state index contributed by atoms with van der Waals surface area (Å²) in [6.45, 7) is 4.00. The van der Waals surface area contributed by atoms with E-state index >= 15 is 0 Å². The molecule has 2 rings (SSSR count). The largest absolute Gasteiger partial charge is 0.326 e. The summed E-state index contributed by atoms with van der Waals surface area (Å²) in [6.07, 6.45) is 9.03. The molecular formula is C19H29NO2. The summed E-state index contributed by atoms with van der Waals surface area (Å²) >= 11 is 0. The first-order valence-electron chi connectivity index (χ1n) is 8.63. The zero-order valence-corrected chi connectivity index (χ0v) is 13.9. The van der Waals surface area contributed by atoms with Crippen molar-refractivity contribution in [2.45, 2.75) is 65.2 Å². The van der Waals surface area contributed by atoms with E-state index < -0.39 is 0 Å². The fraction of sp³-hybridized carbons (Fsp3) is 0.579. The van der Waals surface area contributed by atoms with Gasteiger partial charge in [0.25, 0.3) is 0 Å². The summed E-state index contributed by atoms with van der Waals surface area (Å²) in [4.78, 5) is 22.4. The minimum Gasteiger partial charge on any atom is -0.326 e. The molecule has 0 heterocycles. The van der Waals surface area contributed by atoms with Gasteiger partial charge < -0.3 is 10.1 Å². The first-order chi connectivity index (χ1) is 10.8. The van der Waals surface area contributed by atoms with Crippen LogP contribution in [0.15, 0.2) is 24.3 Å². The van der Waals surface area contributed by atoms with Gasteiger partial charge in [-0.15, -0.1) is 0 Å². The van der Waals surface area contributed by atoms with E-state index in [1.54, 1.807) is 0 Å². The normalized spacial score (nSPS) is 14.6. The van der Waals surface area contributed by atoms with E-state index in [0.29, 0.717) is 6.42 Å². The van der Waals surface area contributed by atoms with Crippen molar-refractivity contribution in [3.05, 3.63) is 29.8 Å². The van der Waals surface area contributed by atoms with Crippen molar-refractivity contribution in [2.75, 3.05) is 5.32 Å². The SMILES string of the molecule is CC.O=CCCCc1ccc(NC(=O)C2CCCCC2)cc1. The second-order valence-corrected chi connectivity index (χ2v) is 5.58. The molecule has 122 valence electrons. The number of anilines is 1. The van der Waals surface area contributed by atoms with Crippen molar-refractivity contribution in [1.29, 1.82) is 0 Å². The molecule has 0 atom stereocenters. The van der Waals surface area contributed by atoms with Gasteiger partial charge in [0.05, 0.1) is 0 Å². The van der Waals surface area contributed by atoms with Gasteiger partial charge in [-0.3, -0.25) is 4.79 Å². The lowest BCUT2D eigenvalue weighted by Gasteiger charge is -2.20. The van der Waals surface area contributed by atoms with E-state index in [4.69, 9.17) is 0 Å². The third-order valence-electron chi connectivity index (χ3n) is 3.98. The summed E-state index contributed by atoms with van der Waals surface area (Å²) in [5, 5.41) is 3.01. The summed E-state index contributed by atoms with van der Waals surface area (Å²) < 4.78 is 0. The highest BCUT2D eigenvalue weighted by Gasteiger charge is 2.20. The average molecular weight is 303 g/mol. The second kappa shape index (κ2) is 11.0. The number of unbranched alkanes of at least 4 members (excludes halogenated alkanes) is 1. The molecule has 0 spiro atoms. The number of aldehydes is 1. The van der Waals surface area contributed by atoms with Crippen LogP contribution in [-0.4, -0.2) is 12.2 Å². The van der Waals surface area contributed by atoms with Gasteiger partial charge in [-0.25, -0.2) is 0 Å². The Kier molecular flexibility index (Phi) is 9.20. The minimum atomic E-state index is 0.165. The molecule has 1 saturated carbocycles. The van der Waals surface area contributed by atoms with Gasteiger partial charge in [0.1, 0.15) is 6.29 Å². The molecule has 0 bridgehead atoms. The average Bonchev–Trinajstić information content (AvgIpc) is 2.59. The highest BCUT2D eigenvalue weighted by Crippen LogP contribution is 2.25. The highest BCUT2D eigenvalue weighted by atomic mass is 16.1. The number of rotatable bonds is 6. The van der Waals surface area contributed by atoms with Crippen molar-refractivity contribution < 1.29 is 9.59 Å². The van der Waals surface area contributed by atoms with Crippen LogP contribution < -0.4 is 5.32 Å². The predicted octanol–water partition coefficient (Wildman–Crippen LogP) is 4.75. The third kappa shape index (κ3) is 6.42. The molecule has 1 aromatic rings. The first-order valence-corrected chi connectivity index (χ1v) is 8.63. The van der Waals surface area contributed by atoms with E-state index in [-0.39, 0.29) is 11.8 Å². The topological polar surface area (TPSA) is 46.2 Å². The van der Waals surface area contributed by atoms with Crippen LogP contribution >= 0.6 is 0 Å². The Labute approximate surface area is 134 Å². The fourth-order valence-electron chi connectivity index (χ4n) is 2.75. The molecule has 22 heavy (non-hydrogen) atoms. The first kappa shape index (κ1) is 18.4. The molecule has 0 saturated heterocycles. The van der Waals surface area contributed by atoms with Gasteiger partial charge in [0.2, 0.25) is 5.91 Å². The maximum atomic E-state index is 12.1. The second-order valence-electron chi connectivity index (χ2n) is 5.58. The lowest BCUT2D eigenvalue weighted by Crippen LogP contribution is -2.24. The Morgan fingerprint density at radius 3 is 2.36 bits per heavy atom. The van der Waals surface area contributed by atoms with Crippen LogP contribution in [0.25, 0.3) is 0 Å². The maximum absolute atomic E-state index is 12.1. The zero-order chi connectivity index (χ0) is 16.2. The molecule has 1 fully saturated rings. The summed E-state index contributed by atoms with van der Waals surface area (Å²) in [5.74, 6) is 0.356. The van der Waals surface area contributed by atoms with Gasteiger partial charge in [-0.2, -0.15) is 0 Å². The number of aryl methyl sites for hydroxylation is 1. The highest BCUT2D eigenvalue weighted by molar-refractivity contribution is 5.92. The fourth-order valence-corrected chi connectivity index (χ4v) is 2.75. The van der Waals surface area contributed by atoms with Crippen molar-refractivity contribution in [1.82, 2.24) is 0 Å². The van der Waals surface area contributed by atoms with Crippen molar-refractivity contribution in [3.8, 4) is 0 Å². The van der Waals surface area contributed by atoms with Crippen LogP contribution in [-0.2, 0) is 16.0 Å². The Morgan fingerprint density at radius 2 is 1.77 bits per heavy atom. The number of benzene rings is 1. The predicted molar refractivity (Wildman–Crippen MR) is 92.0 cm³/mol. The Morgan fingerprint density at radius 1 is 1.14 bits per heavy atom. The van der Waals surface area contributed by atoms with E-state index in [1.807, 2.05) is 38.1 Å². The van der Waals surface area contributed by atoms with Crippen LogP contribution in [0.3, 0.4) is 0 Å². The number of carbonyl (C=O) groups excluding carboxylic acids is 2. The van der Waals surface area contributed by atoms with E-state index in [9.17, 15) is 9.59 Å². The van der Waals surface area contributed by atoms with E-state index in [2.05, 4.69) is 5.32 Å². The Hall–Kier alpha value is -1.64. The van der Waals surface area contributed by atoms with E-state index in [0.717, 1.165) is 37.7 Å². The monoisotopic (exact) mass is 303 g/mol. The smallest absolute Gasteiger partial charge is 0.227 e. The molecule has 1 N–H and O–H groups in total. The standard InChI is InChI=1S/C17H23NO2.C2H6/c19-13-5-4-6-14-9-11-16(12-10-14)18-17(20)15-7-2-1-3-8-15;1-2/h9-13,15H,1-8H2,(H,18,20);1-2H3. The molecule has 1 amide bonds. The lowest BCUT2D eigenvalue weighted by molar-refractivity contribution is -0.120. The van der Waals surface area contributed by atoms with Gasteiger partial charge >= 0.3 is 0 Å². The molecule has 0 radical (unpaired) electrons. The van der Waals surface area contributed by atoms with Gasteiger partial charge in [0, 0.05) is 18.0 Å². The quantitative estimate of drug-likeness (QED) is 0.608. The molecule has 0 aromatic heterocycles. The number of amides is 1. The maximum Gasteiger partial charge on any atom is 0.227 e. The number of hydrogen-bond acceptors (Lipinski definition) is 2. The molecule has 3 nitrogen and oxygen atoms in total. The Bertz CT molecular complexity index is 433. The third-order valence-corrected chi connectivity index (χ3v) is 3.98. The zero-order valence-electron chi connectivity index (χ0n) is 13.9. The van der Waals surface area contributed by atoms with Crippen molar-refractivity contribution >= 4 is 17.9 Å². The number of nitrogens with one attached hydrogen (secondary N) is 1. The summed E-state index contributed by atoms with van der Waals surface area (Å²) in [7, 11) is 0.